The van der Waals surface area contributed by atoms with Gasteiger partial charge in [0.05, 0.1) is 10.5 Å². The lowest BCUT2D eigenvalue weighted by Gasteiger charge is -2.10. The van der Waals surface area contributed by atoms with Crippen LogP contribution >= 0.6 is 12.6 Å². The van der Waals surface area contributed by atoms with E-state index in [4.69, 9.17) is 5.73 Å². The molecule has 2 N–H and O–H groups in total. The highest BCUT2D eigenvalue weighted by Crippen LogP contribution is 2.36. The molecule has 0 aliphatic rings. The van der Waals surface area contributed by atoms with Gasteiger partial charge in [0.2, 0.25) is 0 Å². The summed E-state index contributed by atoms with van der Waals surface area (Å²) in [6, 6.07) is 1.43. The molecule has 6 heteroatoms. The molecule has 13 heavy (non-hydrogen) atoms. The molecule has 0 atom stereocenters. The Balaban J connectivity index is 3.37. The molecule has 0 aromatic heterocycles. The molecule has 0 amide bonds. The van der Waals surface area contributed by atoms with Crippen molar-refractivity contribution in [3.63, 3.8) is 0 Å². The Hall–Kier alpha value is -0.910. The third-order valence-corrected chi connectivity index (χ3v) is 1.85. The Morgan fingerprint density at radius 2 is 1.77 bits per heavy atom. The number of hydrogen-bond acceptors (Lipinski definition) is 2. The molecule has 0 heterocycles. The Bertz CT molecular complexity index is 334. The van der Waals surface area contributed by atoms with E-state index in [-0.39, 0.29) is 5.69 Å². The first-order valence-corrected chi connectivity index (χ1v) is 3.62. The van der Waals surface area contributed by atoms with Crippen LogP contribution in [0.2, 0.25) is 0 Å². The zero-order valence-electron chi connectivity index (χ0n) is 6.19. The molecule has 0 saturated carbocycles. The van der Waals surface area contributed by atoms with E-state index >= 15 is 0 Å². The molecule has 1 aromatic carbocycles. The first kappa shape index (κ1) is 10.2. The van der Waals surface area contributed by atoms with Crippen molar-refractivity contribution in [2.24, 2.45) is 0 Å². The predicted octanol–water partition coefficient (Wildman–Crippen LogP) is 2.72. The van der Waals surface area contributed by atoms with E-state index < -0.39 is 22.5 Å². The zero-order valence-corrected chi connectivity index (χ0v) is 7.09. The Kier molecular flexibility index (Phi) is 2.42. The van der Waals surface area contributed by atoms with E-state index in [9.17, 15) is 17.6 Å². The first-order chi connectivity index (χ1) is 5.82. The van der Waals surface area contributed by atoms with Crippen molar-refractivity contribution in [3.05, 3.63) is 23.5 Å². The van der Waals surface area contributed by atoms with Gasteiger partial charge in [0.1, 0.15) is 5.82 Å². The molecule has 0 fully saturated rings. The summed E-state index contributed by atoms with van der Waals surface area (Å²) in [5.41, 5.74) is 3.62. The highest BCUT2D eigenvalue weighted by molar-refractivity contribution is 7.80. The van der Waals surface area contributed by atoms with Crippen molar-refractivity contribution in [2.75, 3.05) is 5.73 Å². The molecule has 72 valence electrons. The summed E-state index contributed by atoms with van der Waals surface area (Å²) in [5, 5.41) is 0. The van der Waals surface area contributed by atoms with E-state index in [0.29, 0.717) is 6.07 Å². The number of nitrogen functional groups attached to an aromatic ring is 1. The van der Waals surface area contributed by atoms with E-state index in [1.165, 1.54) is 0 Å². The minimum absolute atomic E-state index is 0.275. The van der Waals surface area contributed by atoms with Gasteiger partial charge in [-0.25, -0.2) is 4.39 Å². The van der Waals surface area contributed by atoms with Gasteiger partial charge in [-0.15, -0.1) is 12.6 Å². The largest absolute Gasteiger partial charge is 0.417 e. The summed E-state index contributed by atoms with van der Waals surface area (Å²) in [5.74, 6) is -1.07. The van der Waals surface area contributed by atoms with Gasteiger partial charge in [0.25, 0.3) is 0 Å². The molecule has 0 bridgehead atoms. The average molecular weight is 211 g/mol. The maximum Gasteiger partial charge on any atom is 0.417 e. The molecule has 0 aliphatic carbocycles. The van der Waals surface area contributed by atoms with Crippen molar-refractivity contribution in [1.82, 2.24) is 0 Å². The molecule has 0 unspecified atom stereocenters. The van der Waals surface area contributed by atoms with Crippen molar-refractivity contribution in [1.29, 1.82) is 0 Å². The summed E-state index contributed by atoms with van der Waals surface area (Å²) in [4.78, 5) is -0.735. The third-order valence-electron chi connectivity index (χ3n) is 1.39. The van der Waals surface area contributed by atoms with Crippen LogP contribution in [0.25, 0.3) is 0 Å². The molecule has 1 rings (SSSR count). The van der Waals surface area contributed by atoms with Gasteiger partial charge in [-0.05, 0) is 12.1 Å². The van der Waals surface area contributed by atoms with Gasteiger partial charge in [0, 0.05) is 5.69 Å². The van der Waals surface area contributed by atoms with Crippen molar-refractivity contribution >= 4 is 18.3 Å². The van der Waals surface area contributed by atoms with Gasteiger partial charge >= 0.3 is 6.18 Å². The molecule has 0 radical (unpaired) electrons. The topological polar surface area (TPSA) is 26.0 Å². The van der Waals surface area contributed by atoms with Gasteiger partial charge < -0.3 is 5.73 Å². The lowest BCUT2D eigenvalue weighted by atomic mass is 10.2. The number of hydrogen-bond donors (Lipinski definition) is 2. The zero-order chi connectivity index (χ0) is 10.2. The summed E-state index contributed by atoms with van der Waals surface area (Å²) in [6.07, 6.45) is -4.63. The SMILES string of the molecule is Nc1cc(F)c(S)c(C(F)(F)F)c1. The second-order valence-corrected chi connectivity index (χ2v) is 2.84. The minimum atomic E-state index is -4.63. The highest BCUT2D eigenvalue weighted by Gasteiger charge is 2.34. The number of rotatable bonds is 0. The maximum atomic E-state index is 12.7. The lowest BCUT2D eigenvalue weighted by molar-refractivity contribution is -0.140. The Labute approximate surface area is 77.0 Å². The molecule has 0 saturated heterocycles. The summed E-state index contributed by atoms with van der Waals surface area (Å²) < 4.78 is 49.1. The first-order valence-electron chi connectivity index (χ1n) is 3.17. The second kappa shape index (κ2) is 3.10. The Morgan fingerprint density at radius 3 is 2.23 bits per heavy atom. The van der Waals surface area contributed by atoms with E-state index in [0.717, 1.165) is 6.07 Å². The fraction of sp³-hybridized carbons (Fsp3) is 0.143. The van der Waals surface area contributed by atoms with Gasteiger partial charge in [0.15, 0.2) is 0 Å². The molecule has 0 spiro atoms. The van der Waals surface area contributed by atoms with E-state index in [1.807, 2.05) is 0 Å². The van der Waals surface area contributed by atoms with Crippen LogP contribution in [0.5, 0.6) is 0 Å². The molecular formula is C7H5F4NS. The number of alkyl halides is 3. The van der Waals surface area contributed by atoms with Gasteiger partial charge in [-0.3, -0.25) is 0 Å². The maximum absolute atomic E-state index is 12.7. The normalized spacial score (nSPS) is 11.8. The number of thiol groups is 1. The van der Waals surface area contributed by atoms with Crippen LogP contribution in [0.1, 0.15) is 5.56 Å². The molecule has 1 aromatic rings. The van der Waals surface area contributed by atoms with Crippen LogP contribution in [0, 0.1) is 5.82 Å². The fourth-order valence-corrected chi connectivity index (χ4v) is 1.09. The predicted molar refractivity (Wildman–Crippen MR) is 43.1 cm³/mol. The third kappa shape index (κ3) is 2.06. The molecule has 1 nitrogen and oxygen atoms in total. The fourth-order valence-electron chi connectivity index (χ4n) is 0.836. The van der Waals surface area contributed by atoms with Gasteiger partial charge in [-0.1, -0.05) is 0 Å². The smallest absolute Gasteiger partial charge is 0.399 e. The molecular weight excluding hydrogens is 206 g/mol. The number of halogens is 4. The average Bonchev–Trinajstić information content (AvgIpc) is 1.94. The number of anilines is 1. The van der Waals surface area contributed by atoms with Crippen LogP contribution in [0.15, 0.2) is 17.0 Å². The van der Waals surface area contributed by atoms with Crippen molar-refractivity contribution < 1.29 is 17.6 Å². The number of benzene rings is 1. The van der Waals surface area contributed by atoms with Crippen molar-refractivity contribution in [2.45, 2.75) is 11.1 Å². The summed E-state index contributed by atoms with van der Waals surface area (Å²) >= 11 is 3.40. The van der Waals surface area contributed by atoms with Crippen LogP contribution in [-0.2, 0) is 6.18 Å². The standard InChI is InChI=1S/C7H5F4NS/c8-5-2-3(12)1-4(6(5)13)7(9,10)11/h1-2,13H,12H2. The van der Waals surface area contributed by atoms with Crippen LogP contribution < -0.4 is 5.73 Å². The van der Waals surface area contributed by atoms with Crippen LogP contribution in [0.3, 0.4) is 0 Å². The number of nitrogens with two attached hydrogens (primary N) is 1. The van der Waals surface area contributed by atoms with Crippen molar-refractivity contribution in [3.8, 4) is 0 Å². The quantitative estimate of drug-likeness (QED) is 0.385. The monoisotopic (exact) mass is 211 g/mol. The minimum Gasteiger partial charge on any atom is -0.399 e. The van der Waals surface area contributed by atoms with E-state index in [1.54, 1.807) is 0 Å². The van der Waals surface area contributed by atoms with Crippen LogP contribution in [0.4, 0.5) is 23.2 Å². The van der Waals surface area contributed by atoms with Crippen LogP contribution in [-0.4, -0.2) is 0 Å². The Morgan fingerprint density at radius 1 is 1.23 bits per heavy atom. The van der Waals surface area contributed by atoms with Gasteiger partial charge in [-0.2, -0.15) is 13.2 Å². The highest BCUT2D eigenvalue weighted by atomic mass is 32.1. The van der Waals surface area contributed by atoms with E-state index in [2.05, 4.69) is 12.6 Å². The second-order valence-electron chi connectivity index (χ2n) is 2.40. The lowest BCUT2D eigenvalue weighted by Crippen LogP contribution is -2.08. The summed E-state index contributed by atoms with van der Waals surface area (Å²) in [7, 11) is 0. The summed E-state index contributed by atoms with van der Waals surface area (Å²) in [6.45, 7) is 0. The molecule has 0 aliphatic heterocycles.